The molecule has 0 saturated carbocycles. The van der Waals surface area contributed by atoms with E-state index < -0.39 is 4.92 Å². The van der Waals surface area contributed by atoms with Crippen molar-refractivity contribution in [2.24, 2.45) is 0 Å². The molecule has 14 heavy (non-hydrogen) atoms. The number of non-ortho nitro benzene ring substituents is 1. The molecule has 0 atom stereocenters. The molecule has 0 saturated heterocycles. The summed E-state index contributed by atoms with van der Waals surface area (Å²) in [6.07, 6.45) is 0.00361. The first-order chi connectivity index (χ1) is 6.49. The molecule has 0 amide bonds. The minimum absolute atomic E-state index is 0.00361. The molecule has 76 valence electrons. The van der Waals surface area contributed by atoms with E-state index in [1.807, 2.05) is 13.8 Å². The van der Waals surface area contributed by atoms with Crippen molar-refractivity contribution < 1.29 is 9.66 Å². The second-order valence-corrected chi connectivity index (χ2v) is 3.98. The van der Waals surface area contributed by atoms with E-state index in [4.69, 9.17) is 4.74 Å². The van der Waals surface area contributed by atoms with Gasteiger partial charge in [-0.2, -0.15) is 0 Å². The Morgan fingerprint density at radius 2 is 2.07 bits per heavy atom. The molecule has 0 spiro atoms. The number of hydrogen-bond donors (Lipinski definition) is 0. The average Bonchev–Trinajstić information content (AvgIpc) is 2.01. The Morgan fingerprint density at radius 3 is 2.57 bits per heavy atom. The first kappa shape index (κ1) is 11.0. The third kappa shape index (κ3) is 2.99. The van der Waals surface area contributed by atoms with Crippen LogP contribution in [-0.2, 0) is 0 Å². The van der Waals surface area contributed by atoms with Gasteiger partial charge in [-0.15, -0.1) is 0 Å². The number of benzene rings is 1. The van der Waals surface area contributed by atoms with Crippen LogP contribution >= 0.6 is 15.9 Å². The number of ether oxygens (including phenoxy) is 1. The van der Waals surface area contributed by atoms with Gasteiger partial charge in [0.25, 0.3) is 5.69 Å². The zero-order valence-corrected chi connectivity index (χ0v) is 9.45. The van der Waals surface area contributed by atoms with Gasteiger partial charge in [-0.3, -0.25) is 10.1 Å². The highest BCUT2D eigenvalue weighted by atomic mass is 79.9. The molecule has 1 aromatic carbocycles. The highest BCUT2D eigenvalue weighted by molar-refractivity contribution is 9.10. The van der Waals surface area contributed by atoms with Crippen LogP contribution in [0.2, 0.25) is 0 Å². The summed E-state index contributed by atoms with van der Waals surface area (Å²) in [4.78, 5) is 10.1. The molecule has 4 nitrogen and oxygen atoms in total. The van der Waals surface area contributed by atoms with Crippen LogP contribution in [0.5, 0.6) is 5.75 Å². The fourth-order valence-corrected chi connectivity index (χ4v) is 1.45. The second kappa shape index (κ2) is 4.41. The first-order valence-electron chi connectivity index (χ1n) is 4.10. The number of nitro groups is 1. The molecule has 1 rings (SSSR count). The number of hydrogen-bond acceptors (Lipinski definition) is 3. The highest BCUT2D eigenvalue weighted by Crippen LogP contribution is 2.26. The van der Waals surface area contributed by atoms with Crippen LogP contribution in [0, 0.1) is 10.1 Å². The van der Waals surface area contributed by atoms with Crippen LogP contribution in [0.4, 0.5) is 5.69 Å². The van der Waals surface area contributed by atoms with Crippen molar-refractivity contribution in [3.63, 3.8) is 0 Å². The summed E-state index contributed by atoms with van der Waals surface area (Å²) in [5.74, 6) is 0.501. The average molecular weight is 260 g/mol. The SMILES string of the molecule is CC(C)Oc1cc(Br)cc([N+](=O)[O-])c1. The predicted molar refractivity (Wildman–Crippen MR) is 56.6 cm³/mol. The quantitative estimate of drug-likeness (QED) is 0.619. The van der Waals surface area contributed by atoms with Crippen molar-refractivity contribution in [2.75, 3.05) is 0 Å². The first-order valence-corrected chi connectivity index (χ1v) is 4.90. The molecular formula is C9H10BrNO3. The van der Waals surface area contributed by atoms with Gasteiger partial charge in [0.1, 0.15) is 5.75 Å². The van der Waals surface area contributed by atoms with E-state index >= 15 is 0 Å². The Bertz CT molecular complexity index is 352. The standard InChI is InChI=1S/C9H10BrNO3/c1-6(2)14-9-4-7(10)3-8(5-9)11(12)13/h3-6H,1-2H3. The Hall–Kier alpha value is -1.10. The fourth-order valence-electron chi connectivity index (χ4n) is 0.994. The van der Waals surface area contributed by atoms with Gasteiger partial charge in [0.2, 0.25) is 0 Å². The highest BCUT2D eigenvalue weighted by Gasteiger charge is 2.09. The molecule has 0 fully saturated rings. The number of rotatable bonds is 3. The van der Waals surface area contributed by atoms with Gasteiger partial charge in [0.15, 0.2) is 0 Å². The molecular weight excluding hydrogens is 250 g/mol. The van der Waals surface area contributed by atoms with Crippen molar-refractivity contribution in [2.45, 2.75) is 20.0 Å². The van der Waals surface area contributed by atoms with Crippen molar-refractivity contribution in [3.8, 4) is 5.75 Å². The van der Waals surface area contributed by atoms with Crippen LogP contribution in [0.15, 0.2) is 22.7 Å². The third-order valence-electron chi connectivity index (χ3n) is 1.44. The van der Waals surface area contributed by atoms with Gasteiger partial charge in [-0.25, -0.2) is 0 Å². The maximum atomic E-state index is 10.5. The second-order valence-electron chi connectivity index (χ2n) is 3.07. The summed E-state index contributed by atoms with van der Waals surface area (Å²) in [6.45, 7) is 3.74. The predicted octanol–water partition coefficient (Wildman–Crippen LogP) is 3.14. The molecule has 0 aliphatic carbocycles. The molecule has 0 heterocycles. The molecule has 5 heteroatoms. The van der Waals surface area contributed by atoms with E-state index in [9.17, 15) is 10.1 Å². The van der Waals surface area contributed by atoms with Gasteiger partial charge < -0.3 is 4.74 Å². The van der Waals surface area contributed by atoms with Gasteiger partial charge in [-0.1, -0.05) is 15.9 Å². The molecule has 0 aliphatic rings. The Morgan fingerprint density at radius 1 is 1.43 bits per heavy atom. The lowest BCUT2D eigenvalue weighted by Crippen LogP contribution is -2.05. The van der Waals surface area contributed by atoms with E-state index in [1.54, 1.807) is 6.07 Å². The van der Waals surface area contributed by atoms with Crippen molar-refractivity contribution in [1.82, 2.24) is 0 Å². The summed E-state index contributed by atoms with van der Waals surface area (Å²) < 4.78 is 5.99. The molecule has 1 aromatic rings. The van der Waals surface area contributed by atoms with Crippen LogP contribution in [0.3, 0.4) is 0 Å². The molecule has 0 aliphatic heterocycles. The summed E-state index contributed by atoms with van der Waals surface area (Å²) in [5.41, 5.74) is 0.0232. The lowest BCUT2D eigenvalue weighted by atomic mass is 10.3. The zero-order valence-electron chi connectivity index (χ0n) is 7.86. The van der Waals surface area contributed by atoms with Crippen LogP contribution in [0.1, 0.15) is 13.8 Å². The summed E-state index contributed by atoms with van der Waals surface area (Å²) in [6, 6.07) is 4.55. The van der Waals surface area contributed by atoms with E-state index in [0.717, 1.165) is 0 Å². The van der Waals surface area contributed by atoms with E-state index in [2.05, 4.69) is 15.9 Å². The minimum Gasteiger partial charge on any atom is -0.491 e. The van der Waals surface area contributed by atoms with Gasteiger partial charge in [0, 0.05) is 10.5 Å². The number of nitro benzene ring substituents is 1. The monoisotopic (exact) mass is 259 g/mol. The molecule has 0 aromatic heterocycles. The van der Waals surface area contributed by atoms with Crippen molar-refractivity contribution in [1.29, 1.82) is 0 Å². The lowest BCUT2D eigenvalue weighted by Gasteiger charge is -2.09. The Balaban J connectivity index is 3.01. The van der Waals surface area contributed by atoms with Gasteiger partial charge >= 0.3 is 0 Å². The maximum absolute atomic E-state index is 10.5. The van der Waals surface area contributed by atoms with E-state index in [0.29, 0.717) is 10.2 Å². The summed E-state index contributed by atoms with van der Waals surface area (Å²) in [7, 11) is 0. The molecule has 0 N–H and O–H groups in total. The molecule has 0 unspecified atom stereocenters. The number of halogens is 1. The largest absolute Gasteiger partial charge is 0.491 e. The molecule has 0 radical (unpaired) electrons. The van der Waals surface area contributed by atoms with E-state index in [-0.39, 0.29) is 11.8 Å². The normalized spacial score (nSPS) is 10.3. The van der Waals surface area contributed by atoms with Crippen molar-refractivity contribution >= 4 is 21.6 Å². The summed E-state index contributed by atoms with van der Waals surface area (Å²) >= 11 is 3.19. The van der Waals surface area contributed by atoms with E-state index in [1.165, 1.54) is 12.1 Å². The minimum atomic E-state index is -0.446. The number of nitrogens with zero attached hydrogens (tertiary/aromatic N) is 1. The van der Waals surface area contributed by atoms with Crippen molar-refractivity contribution in [3.05, 3.63) is 32.8 Å². The fraction of sp³-hybridized carbons (Fsp3) is 0.333. The zero-order chi connectivity index (χ0) is 10.7. The Labute approximate surface area is 90.2 Å². The Kier molecular flexibility index (Phi) is 3.46. The molecule has 0 bridgehead atoms. The third-order valence-corrected chi connectivity index (χ3v) is 1.90. The van der Waals surface area contributed by atoms with Crippen LogP contribution in [0.25, 0.3) is 0 Å². The van der Waals surface area contributed by atoms with Crippen LogP contribution in [-0.4, -0.2) is 11.0 Å². The maximum Gasteiger partial charge on any atom is 0.274 e. The lowest BCUT2D eigenvalue weighted by molar-refractivity contribution is -0.385. The topological polar surface area (TPSA) is 52.4 Å². The van der Waals surface area contributed by atoms with Gasteiger partial charge in [-0.05, 0) is 19.9 Å². The summed E-state index contributed by atoms with van der Waals surface area (Å²) in [5, 5.41) is 10.5. The van der Waals surface area contributed by atoms with Gasteiger partial charge in [0.05, 0.1) is 17.1 Å². The van der Waals surface area contributed by atoms with Crippen LogP contribution < -0.4 is 4.74 Å². The smallest absolute Gasteiger partial charge is 0.274 e.